The van der Waals surface area contributed by atoms with Gasteiger partial charge in [-0.3, -0.25) is 4.79 Å². The highest BCUT2D eigenvalue weighted by Gasteiger charge is 2.35. The number of carbonyl (C=O) groups excluding carboxylic acids is 2. The number of hydrogen-bond donors (Lipinski definition) is 1. The van der Waals surface area contributed by atoms with Crippen molar-refractivity contribution in [3.63, 3.8) is 0 Å². The highest BCUT2D eigenvalue weighted by Crippen LogP contribution is 2.27. The van der Waals surface area contributed by atoms with Crippen LogP contribution in [0.25, 0.3) is 0 Å². The van der Waals surface area contributed by atoms with Crippen LogP contribution in [0.3, 0.4) is 0 Å². The lowest BCUT2D eigenvalue weighted by Gasteiger charge is -2.19. The summed E-state index contributed by atoms with van der Waals surface area (Å²) in [5.74, 6) is -0.581. The van der Waals surface area contributed by atoms with Crippen molar-refractivity contribution in [3.8, 4) is 0 Å². The first kappa shape index (κ1) is 18.0. The predicted octanol–water partition coefficient (Wildman–Crippen LogP) is 3.82. The summed E-state index contributed by atoms with van der Waals surface area (Å²) in [6.07, 6.45) is 1.86. The summed E-state index contributed by atoms with van der Waals surface area (Å²) in [5.41, 5.74) is 1.87. The third-order valence-corrected chi connectivity index (χ3v) is 4.56. The number of alkyl carbamates (subject to hydrolysis) is 1. The fraction of sp³-hybridized carbons (Fsp3) is 0.333. The molecule has 1 amide bonds. The molecule has 1 saturated carbocycles. The van der Waals surface area contributed by atoms with Crippen molar-refractivity contribution >= 4 is 12.1 Å². The first-order valence-electron chi connectivity index (χ1n) is 8.90. The Morgan fingerprint density at radius 2 is 1.42 bits per heavy atom. The molecule has 0 saturated heterocycles. The van der Waals surface area contributed by atoms with Gasteiger partial charge in [-0.05, 0) is 24.0 Å². The van der Waals surface area contributed by atoms with E-state index in [1.807, 2.05) is 60.7 Å². The van der Waals surface area contributed by atoms with Gasteiger partial charge in [-0.1, -0.05) is 67.1 Å². The Kier molecular flexibility index (Phi) is 6.25. The minimum Gasteiger partial charge on any atom is -0.461 e. The van der Waals surface area contributed by atoms with Gasteiger partial charge in [-0.25, -0.2) is 4.79 Å². The summed E-state index contributed by atoms with van der Waals surface area (Å²) < 4.78 is 10.7. The van der Waals surface area contributed by atoms with E-state index in [1.54, 1.807) is 0 Å². The Balaban J connectivity index is 1.46. The van der Waals surface area contributed by atoms with Gasteiger partial charge >= 0.3 is 12.1 Å². The molecule has 0 aromatic heterocycles. The third-order valence-electron chi connectivity index (χ3n) is 4.56. The molecule has 0 spiro atoms. The SMILES string of the molecule is O=C(N[C@H]1CCC[C@H]1C(=O)OCc1ccccc1)OCc1ccccc1. The minimum atomic E-state index is -0.499. The fourth-order valence-electron chi connectivity index (χ4n) is 3.17. The molecule has 0 radical (unpaired) electrons. The van der Waals surface area contributed by atoms with Crippen LogP contribution in [0.5, 0.6) is 0 Å². The van der Waals surface area contributed by atoms with Gasteiger partial charge in [0.1, 0.15) is 13.2 Å². The van der Waals surface area contributed by atoms with E-state index in [9.17, 15) is 9.59 Å². The van der Waals surface area contributed by atoms with Crippen LogP contribution in [0.2, 0.25) is 0 Å². The summed E-state index contributed by atoms with van der Waals surface area (Å²) in [7, 11) is 0. The van der Waals surface area contributed by atoms with E-state index in [1.165, 1.54) is 0 Å². The molecule has 1 aliphatic rings. The van der Waals surface area contributed by atoms with Gasteiger partial charge in [0.05, 0.1) is 5.92 Å². The van der Waals surface area contributed by atoms with Gasteiger partial charge in [-0.2, -0.15) is 0 Å². The summed E-state index contributed by atoms with van der Waals surface area (Å²) in [4.78, 5) is 24.4. The first-order valence-corrected chi connectivity index (χ1v) is 8.90. The lowest BCUT2D eigenvalue weighted by Crippen LogP contribution is -2.41. The highest BCUT2D eigenvalue weighted by atomic mass is 16.5. The van der Waals surface area contributed by atoms with Crippen molar-refractivity contribution in [2.75, 3.05) is 0 Å². The molecule has 1 N–H and O–H groups in total. The van der Waals surface area contributed by atoms with E-state index in [4.69, 9.17) is 9.47 Å². The first-order chi connectivity index (χ1) is 12.7. The quantitative estimate of drug-likeness (QED) is 0.802. The maximum atomic E-state index is 12.4. The number of amides is 1. The van der Waals surface area contributed by atoms with Crippen LogP contribution in [0.15, 0.2) is 60.7 Å². The van der Waals surface area contributed by atoms with E-state index in [2.05, 4.69) is 5.32 Å². The monoisotopic (exact) mass is 353 g/mol. The third kappa shape index (κ3) is 5.09. The van der Waals surface area contributed by atoms with Crippen molar-refractivity contribution in [1.29, 1.82) is 0 Å². The van der Waals surface area contributed by atoms with Crippen molar-refractivity contribution in [1.82, 2.24) is 5.32 Å². The van der Waals surface area contributed by atoms with Gasteiger partial charge in [-0.15, -0.1) is 0 Å². The number of benzene rings is 2. The summed E-state index contributed by atoms with van der Waals surface area (Å²) >= 11 is 0. The van der Waals surface area contributed by atoms with Crippen molar-refractivity contribution in [2.45, 2.75) is 38.5 Å². The van der Waals surface area contributed by atoms with Crippen LogP contribution in [-0.2, 0) is 27.5 Å². The average Bonchev–Trinajstić information content (AvgIpc) is 3.14. The molecule has 2 atom stereocenters. The van der Waals surface area contributed by atoms with E-state index < -0.39 is 6.09 Å². The average molecular weight is 353 g/mol. The van der Waals surface area contributed by atoms with E-state index in [-0.39, 0.29) is 31.1 Å². The van der Waals surface area contributed by atoms with E-state index in [0.29, 0.717) is 0 Å². The Bertz CT molecular complexity index is 717. The second-order valence-electron chi connectivity index (χ2n) is 6.44. The summed E-state index contributed by atoms with van der Waals surface area (Å²) in [5, 5.41) is 2.82. The fourth-order valence-corrected chi connectivity index (χ4v) is 3.17. The van der Waals surface area contributed by atoms with Crippen LogP contribution in [0.1, 0.15) is 30.4 Å². The molecule has 26 heavy (non-hydrogen) atoms. The molecule has 136 valence electrons. The van der Waals surface area contributed by atoms with Gasteiger partial charge in [0.25, 0.3) is 0 Å². The zero-order chi connectivity index (χ0) is 18.2. The number of nitrogens with one attached hydrogen (secondary N) is 1. The standard InChI is InChI=1S/C21H23NO4/c23-20(25-14-16-8-3-1-4-9-16)18-12-7-13-19(18)22-21(24)26-15-17-10-5-2-6-11-17/h1-6,8-11,18-19H,7,12-15H2,(H,22,24)/t18-,19+/m1/s1. The normalized spacial score (nSPS) is 18.9. The van der Waals surface area contributed by atoms with E-state index in [0.717, 1.165) is 30.4 Å². The molecule has 1 aliphatic carbocycles. The summed E-state index contributed by atoms with van der Waals surface area (Å²) in [6, 6.07) is 18.8. The van der Waals surface area contributed by atoms with Crippen LogP contribution in [0, 0.1) is 5.92 Å². The largest absolute Gasteiger partial charge is 0.461 e. The smallest absolute Gasteiger partial charge is 0.407 e. The molecule has 0 aliphatic heterocycles. The van der Waals surface area contributed by atoms with E-state index >= 15 is 0 Å². The summed E-state index contributed by atoms with van der Waals surface area (Å²) in [6.45, 7) is 0.462. The number of rotatable bonds is 6. The minimum absolute atomic E-state index is 0.211. The Hall–Kier alpha value is -2.82. The number of ether oxygens (including phenoxy) is 2. The van der Waals surface area contributed by atoms with Crippen LogP contribution < -0.4 is 5.32 Å². The predicted molar refractivity (Wildman–Crippen MR) is 97.1 cm³/mol. The van der Waals surface area contributed by atoms with Crippen LogP contribution in [0.4, 0.5) is 4.79 Å². The van der Waals surface area contributed by atoms with Gasteiger partial charge in [0, 0.05) is 6.04 Å². The molecular formula is C21H23NO4. The topological polar surface area (TPSA) is 64.6 Å². The molecule has 5 heteroatoms. The van der Waals surface area contributed by atoms with Gasteiger partial charge < -0.3 is 14.8 Å². The van der Waals surface area contributed by atoms with Crippen LogP contribution >= 0.6 is 0 Å². The lowest BCUT2D eigenvalue weighted by molar-refractivity contribution is -0.150. The Morgan fingerprint density at radius 1 is 0.846 bits per heavy atom. The Morgan fingerprint density at radius 3 is 2.04 bits per heavy atom. The molecule has 0 heterocycles. The zero-order valence-corrected chi connectivity index (χ0v) is 14.6. The van der Waals surface area contributed by atoms with Crippen molar-refractivity contribution < 1.29 is 19.1 Å². The second-order valence-corrected chi connectivity index (χ2v) is 6.44. The lowest BCUT2D eigenvalue weighted by atomic mass is 10.0. The maximum absolute atomic E-state index is 12.4. The Labute approximate surface area is 153 Å². The number of hydrogen-bond acceptors (Lipinski definition) is 4. The molecule has 0 bridgehead atoms. The zero-order valence-electron chi connectivity index (χ0n) is 14.6. The van der Waals surface area contributed by atoms with Crippen molar-refractivity contribution in [3.05, 3.63) is 71.8 Å². The second kappa shape index (κ2) is 9.04. The molecule has 0 unspecified atom stereocenters. The molecule has 2 aromatic rings. The van der Waals surface area contributed by atoms with Crippen molar-refractivity contribution in [2.24, 2.45) is 5.92 Å². The molecule has 2 aromatic carbocycles. The van der Waals surface area contributed by atoms with Gasteiger partial charge in [0.15, 0.2) is 0 Å². The number of esters is 1. The molecule has 1 fully saturated rings. The highest BCUT2D eigenvalue weighted by molar-refractivity contribution is 5.75. The number of carbonyl (C=O) groups is 2. The molecular weight excluding hydrogens is 330 g/mol. The maximum Gasteiger partial charge on any atom is 0.407 e. The van der Waals surface area contributed by atoms with Gasteiger partial charge in [0.2, 0.25) is 0 Å². The molecule has 3 rings (SSSR count). The van der Waals surface area contributed by atoms with Crippen LogP contribution in [-0.4, -0.2) is 18.1 Å². The molecule has 5 nitrogen and oxygen atoms in total.